The number of nitrogens with zero attached hydrogens (tertiary/aromatic N) is 2. The number of hydrogen-bond acceptors (Lipinski definition) is 1. The third-order valence-electron chi connectivity index (χ3n) is 5.79. The second-order valence-electron chi connectivity index (χ2n) is 7.84. The van der Waals surface area contributed by atoms with Gasteiger partial charge in [0.2, 0.25) is 0 Å². The van der Waals surface area contributed by atoms with Gasteiger partial charge in [0.05, 0.1) is 20.1 Å². The average molecular weight is 487 g/mol. The van der Waals surface area contributed by atoms with Crippen LogP contribution in [0.25, 0.3) is 0 Å². The third kappa shape index (κ3) is 11.2. The number of quaternary nitrogens is 1. The summed E-state index contributed by atoms with van der Waals surface area (Å²) in [6.45, 7) is 10.0. The highest BCUT2D eigenvalue weighted by Gasteiger charge is 2.19. The van der Waals surface area contributed by atoms with E-state index in [1.54, 1.807) is 0 Å². The van der Waals surface area contributed by atoms with Crippen LogP contribution in [0.5, 0.6) is 0 Å². The van der Waals surface area contributed by atoms with E-state index in [-0.39, 0.29) is 24.0 Å². The van der Waals surface area contributed by atoms with E-state index in [2.05, 4.69) is 57.1 Å². The largest absolute Gasteiger partial charge is 1.00 e. The summed E-state index contributed by atoms with van der Waals surface area (Å²) in [5, 5.41) is 0. The lowest BCUT2D eigenvalue weighted by Gasteiger charge is -2.31. The molecule has 3 heteroatoms. The molecule has 0 atom stereocenters. The quantitative estimate of drug-likeness (QED) is 0.154. The molecular formula is C24H43IN2. The SMILES string of the molecule is CCCCCCCCCCCCN=Cc1ccc([N+](C)(CC)CC)cc1.[I-]. The van der Waals surface area contributed by atoms with E-state index in [4.69, 9.17) is 0 Å². The summed E-state index contributed by atoms with van der Waals surface area (Å²) in [7, 11) is 2.30. The van der Waals surface area contributed by atoms with E-state index in [9.17, 15) is 0 Å². The normalized spacial score (nSPS) is 11.7. The maximum atomic E-state index is 4.61. The monoisotopic (exact) mass is 486 g/mol. The van der Waals surface area contributed by atoms with Gasteiger partial charge in [0.1, 0.15) is 5.69 Å². The van der Waals surface area contributed by atoms with Crippen molar-refractivity contribution in [1.82, 2.24) is 4.48 Å². The molecule has 156 valence electrons. The van der Waals surface area contributed by atoms with Gasteiger partial charge in [-0.1, -0.05) is 64.7 Å². The molecule has 0 aromatic heterocycles. The molecular weight excluding hydrogens is 443 g/mol. The summed E-state index contributed by atoms with van der Waals surface area (Å²) in [5.74, 6) is 0. The van der Waals surface area contributed by atoms with Crippen LogP contribution in [-0.2, 0) is 0 Å². The van der Waals surface area contributed by atoms with Crippen molar-refractivity contribution in [2.75, 3.05) is 26.7 Å². The molecule has 1 aromatic carbocycles. The molecule has 0 amide bonds. The minimum Gasteiger partial charge on any atom is -1.00 e. The van der Waals surface area contributed by atoms with Crippen molar-refractivity contribution >= 4 is 11.9 Å². The molecule has 0 aliphatic carbocycles. The van der Waals surface area contributed by atoms with Gasteiger partial charge in [-0.15, -0.1) is 0 Å². The fourth-order valence-corrected chi connectivity index (χ4v) is 3.37. The molecule has 0 N–H and O–H groups in total. The molecule has 1 aromatic rings. The van der Waals surface area contributed by atoms with Gasteiger partial charge in [-0.2, -0.15) is 0 Å². The fraction of sp³-hybridized carbons (Fsp3) is 0.708. The lowest BCUT2D eigenvalue weighted by atomic mass is 10.1. The van der Waals surface area contributed by atoms with Crippen LogP contribution >= 0.6 is 0 Å². The molecule has 0 aliphatic rings. The molecule has 2 nitrogen and oxygen atoms in total. The first-order chi connectivity index (χ1) is 12.7. The molecule has 0 fully saturated rings. The van der Waals surface area contributed by atoms with Gasteiger partial charge in [-0.05, 0) is 50.1 Å². The van der Waals surface area contributed by atoms with E-state index in [1.807, 2.05) is 6.21 Å². The number of halogens is 1. The molecule has 0 spiro atoms. The Hall–Kier alpha value is -0.420. The van der Waals surface area contributed by atoms with Crippen LogP contribution in [0.1, 0.15) is 90.5 Å². The smallest absolute Gasteiger partial charge is 0.132 e. The Labute approximate surface area is 186 Å². The van der Waals surface area contributed by atoms with Crippen molar-refractivity contribution in [2.45, 2.75) is 85.0 Å². The molecule has 1 rings (SSSR count). The summed E-state index contributed by atoms with van der Waals surface area (Å²) >= 11 is 0. The lowest BCUT2D eigenvalue weighted by molar-refractivity contribution is -0.00000572. The Morgan fingerprint density at radius 3 is 1.70 bits per heavy atom. The minimum atomic E-state index is 0. The summed E-state index contributed by atoms with van der Waals surface area (Å²) < 4.78 is 0.996. The summed E-state index contributed by atoms with van der Waals surface area (Å²) in [6.07, 6.45) is 15.9. The lowest BCUT2D eigenvalue weighted by Crippen LogP contribution is -3.00. The molecule has 0 radical (unpaired) electrons. The summed E-state index contributed by atoms with van der Waals surface area (Å²) in [5.41, 5.74) is 2.61. The van der Waals surface area contributed by atoms with Crippen LogP contribution in [0.15, 0.2) is 29.3 Å². The predicted molar refractivity (Wildman–Crippen MR) is 120 cm³/mol. The first kappa shape index (κ1) is 26.6. The second kappa shape index (κ2) is 16.5. The van der Waals surface area contributed by atoms with E-state index >= 15 is 0 Å². The van der Waals surface area contributed by atoms with Crippen molar-refractivity contribution in [3.63, 3.8) is 0 Å². The van der Waals surface area contributed by atoms with Gasteiger partial charge in [-0.25, -0.2) is 0 Å². The maximum absolute atomic E-state index is 4.61. The van der Waals surface area contributed by atoms with Crippen molar-refractivity contribution in [2.24, 2.45) is 4.99 Å². The van der Waals surface area contributed by atoms with E-state index < -0.39 is 0 Å². The van der Waals surface area contributed by atoms with Gasteiger partial charge >= 0.3 is 0 Å². The van der Waals surface area contributed by atoms with Crippen LogP contribution in [0, 0.1) is 0 Å². The molecule has 0 bridgehead atoms. The predicted octanol–water partition coefficient (Wildman–Crippen LogP) is 4.01. The molecule has 0 unspecified atom stereocenters. The van der Waals surface area contributed by atoms with Gasteiger partial charge < -0.3 is 24.0 Å². The van der Waals surface area contributed by atoms with Crippen molar-refractivity contribution < 1.29 is 24.0 Å². The molecule has 0 saturated carbocycles. The highest BCUT2D eigenvalue weighted by atomic mass is 127. The number of hydrogen-bond donors (Lipinski definition) is 0. The standard InChI is InChI=1S/C24H43N2.HI/c1-5-8-9-10-11-12-13-14-15-16-21-25-22-23-17-19-24(20-18-23)26(4,6-2)7-3;/h17-20,22H,5-16,21H2,1-4H3;1H/q+1;/p-1. The summed E-state index contributed by atoms with van der Waals surface area (Å²) in [4.78, 5) is 4.61. The zero-order valence-corrected chi connectivity index (χ0v) is 20.5. The molecule has 0 aliphatic heterocycles. The Balaban J connectivity index is 0.00000676. The fourth-order valence-electron chi connectivity index (χ4n) is 3.37. The highest BCUT2D eigenvalue weighted by Crippen LogP contribution is 2.20. The van der Waals surface area contributed by atoms with Crippen molar-refractivity contribution in [3.8, 4) is 0 Å². The third-order valence-corrected chi connectivity index (χ3v) is 5.79. The summed E-state index contributed by atoms with van der Waals surface area (Å²) in [6, 6.07) is 8.93. The zero-order valence-electron chi connectivity index (χ0n) is 18.4. The Morgan fingerprint density at radius 2 is 1.22 bits per heavy atom. The van der Waals surface area contributed by atoms with E-state index in [0.29, 0.717) is 0 Å². The van der Waals surface area contributed by atoms with Crippen LogP contribution in [-0.4, -0.2) is 32.9 Å². The van der Waals surface area contributed by atoms with Crippen LogP contribution in [0.2, 0.25) is 0 Å². The molecule has 27 heavy (non-hydrogen) atoms. The maximum Gasteiger partial charge on any atom is 0.132 e. The Morgan fingerprint density at radius 1 is 0.741 bits per heavy atom. The minimum absolute atomic E-state index is 0. The highest BCUT2D eigenvalue weighted by molar-refractivity contribution is 5.80. The number of rotatable bonds is 15. The second-order valence-corrected chi connectivity index (χ2v) is 7.84. The van der Waals surface area contributed by atoms with Gasteiger partial charge in [0.25, 0.3) is 0 Å². The van der Waals surface area contributed by atoms with E-state index in [1.165, 1.54) is 75.5 Å². The Kier molecular flexibility index (Phi) is 16.3. The van der Waals surface area contributed by atoms with Crippen LogP contribution < -0.4 is 28.5 Å². The number of unbranched alkanes of at least 4 members (excludes halogenated alkanes) is 9. The van der Waals surface area contributed by atoms with Crippen LogP contribution in [0.3, 0.4) is 0 Å². The molecule has 0 heterocycles. The van der Waals surface area contributed by atoms with Gasteiger partial charge in [-0.3, -0.25) is 9.48 Å². The van der Waals surface area contributed by atoms with Gasteiger partial charge in [0, 0.05) is 12.8 Å². The number of aliphatic imine (C=N–C) groups is 1. The molecule has 0 saturated heterocycles. The van der Waals surface area contributed by atoms with Crippen molar-refractivity contribution in [3.05, 3.63) is 29.8 Å². The number of benzene rings is 1. The average Bonchev–Trinajstić information content (AvgIpc) is 2.68. The topological polar surface area (TPSA) is 12.4 Å². The zero-order chi connectivity index (χ0) is 19.1. The van der Waals surface area contributed by atoms with E-state index in [0.717, 1.165) is 24.1 Å². The first-order valence-corrected chi connectivity index (χ1v) is 11.1. The Bertz CT molecular complexity index is 478. The van der Waals surface area contributed by atoms with Gasteiger partial charge in [0.15, 0.2) is 0 Å². The first-order valence-electron chi connectivity index (χ1n) is 11.1. The van der Waals surface area contributed by atoms with Crippen molar-refractivity contribution in [1.29, 1.82) is 0 Å². The van der Waals surface area contributed by atoms with Crippen LogP contribution in [0.4, 0.5) is 5.69 Å².